The summed E-state index contributed by atoms with van der Waals surface area (Å²) in [5.74, 6) is 0.0688. The summed E-state index contributed by atoms with van der Waals surface area (Å²) in [6.45, 7) is 3.43. The SMILES string of the molecule is CCN(Cc1cccs1)C(=O)/C=C/c1cccs1. The van der Waals surface area contributed by atoms with Gasteiger partial charge in [-0.2, -0.15) is 0 Å². The predicted molar refractivity (Wildman–Crippen MR) is 78.8 cm³/mol. The summed E-state index contributed by atoms with van der Waals surface area (Å²) in [6, 6.07) is 8.06. The summed E-state index contributed by atoms with van der Waals surface area (Å²) >= 11 is 3.32. The lowest BCUT2D eigenvalue weighted by atomic mass is 10.3. The highest BCUT2D eigenvalue weighted by atomic mass is 32.1. The minimum Gasteiger partial charge on any atom is -0.334 e. The number of carbonyl (C=O) groups is 1. The fourth-order valence-electron chi connectivity index (χ4n) is 1.58. The van der Waals surface area contributed by atoms with Gasteiger partial charge in [-0.3, -0.25) is 4.79 Å². The van der Waals surface area contributed by atoms with Crippen molar-refractivity contribution in [3.63, 3.8) is 0 Å². The molecular weight excluding hydrogens is 262 g/mol. The second-order valence-electron chi connectivity index (χ2n) is 3.78. The van der Waals surface area contributed by atoms with Crippen molar-refractivity contribution >= 4 is 34.7 Å². The zero-order chi connectivity index (χ0) is 12.8. The van der Waals surface area contributed by atoms with Crippen molar-refractivity contribution in [3.05, 3.63) is 50.9 Å². The summed E-state index contributed by atoms with van der Waals surface area (Å²) in [5, 5.41) is 4.04. The molecule has 0 bridgehead atoms. The molecule has 1 amide bonds. The van der Waals surface area contributed by atoms with Crippen LogP contribution >= 0.6 is 22.7 Å². The van der Waals surface area contributed by atoms with Crippen molar-refractivity contribution in [1.82, 2.24) is 4.90 Å². The summed E-state index contributed by atoms with van der Waals surface area (Å²) < 4.78 is 0. The van der Waals surface area contributed by atoms with Gasteiger partial charge in [-0.1, -0.05) is 12.1 Å². The molecule has 94 valence electrons. The second-order valence-corrected chi connectivity index (χ2v) is 5.79. The Kier molecular flexibility index (Phi) is 4.73. The molecule has 2 aromatic rings. The fraction of sp³-hybridized carbons (Fsp3) is 0.214. The molecule has 0 unspecified atom stereocenters. The zero-order valence-corrected chi connectivity index (χ0v) is 11.8. The maximum atomic E-state index is 12.0. The third-order valence-electron chi connectivity index (χ3n) is 2.55. The van der Waals surface area contributed by atoms with Crippen molar-refractivity contribution in [2.24, 2.45) is 0 Å². The van der Waals surface area contributed by atoms with Crippen LogP contribution in [-0.2, 0) is 11.3 Å². The van der Waals surface area contributed by atoms with E-state index in [0.717, 1.165) is 11.4 Å². The summed E-state index contributed by atoms with van der Waals surface area (Å²) in [5.41, 5.74) is 0. The fourth-order valence-corrected chi connectivity index (χ4v) is 2.92. The Morgan fingerprint density at radius 2 is 2.06 bits per heavy atom. The number of hydrogen-bond acceptors (Lipinski definition) is 3. The lowest BCUT2D eigenvalue weighted by Gasteiger charge is -2.17. The highest BCUT2D eigenvalue weighted by Gasteiger charge is 2.09. The zero-order valence-electron chi connectivity index (χ0n) is 10.2. The van der Waals surface area contributed by atoms with Crippen molar-refractivity contribution < 1.29 is 4.79 Å². The van der Waals surface area contributed by atoms with Crippen molar-refractivity contribution in [2.75, 3.05) is 6.54 Å². The molecule has 0 aliphatic rings. The van der Waals surface area contributed by atoms with E-state index in [1.54, 1.807) is 28.7 Å². The Labute approximate surface area is 115 Å². The van der Waals surface area contributed by atoms with E-state index in [4.69, 9.17) is 0 Å². The normalized spacial score (nSPS) is 10.9. The highest BCUT2D eigenvalue weighted by molar-refractivity contribution is 7.10. The number of hydrogen-bond donors (Lipinski definition) is 0. The summed E-state index contributed by atoms with van der Waals surface area (Å²) in [4.78, 5) is 16.2. The van der Waals surface area contributed by atoms with Crippen LogP contribution in [0.2, 0.25) is 0 Å². The minimum atomic E-state index is 0.0688. The predicted octanol–water partition coefficient (Wildman–Crippen LogP) is 3.87. The number of amides is 1. The molecule has 0 aliphatic heterocycles. The molecule has 0 aliphatic carbocycles. The Bertz CT molecular complexity index is 500. The molecule has 2 aromatic heterocycles. The van der Waals surface area contributed by atoms with Crippen LogP contribution in [0.5, 0.6) is 0 Å². The van der Waals surface area contributed by atoms with Gasteiger partial charge >= 0.3 is 0 Å². The summed E-state index contributed by atoms with van der Waals surface area (Å²) in [6.07, 6.45) is 3.53. The molecule has 4 heteroatoms. The van der Waals surface area contributed by atoms with Gasteiger partial charge < -0.3 is 4.90 Å². The monoisotopic (exact) mass is 277 g/mol. The number of carbonyl (C=O) groups excluding carboxylic acids is 1. The van der Waals surface area contributed by atoms with Gasteiger partial charge in [0.25, 0.3) is 0 Å². The molecule has 0 spiro atoms. The van der Waals surface area contributed by atoms with Crippen molar-refractivity contribution in [2.45, 2.75) is 13.5 Å². The molecule has 2 nitrogen and oxygen atoms in total. The lowest BCUT2D eigenvalue weighted by molar-refractivity contribution is -0.126. The van der Waals surface area contributed by atoms with Gasteiger partial charge in [-0.25, -0.2) is 0 Å². The van der Waals surface area contributed by atoms with E-state index in [2.05, 4.69) is 6.07 Å². The maximum absolute atomic E-state index is 12.0. The second kappa shape index (κ2) is 6.52. The van der Waals surface area contributed by atoms with E-state index in [1.165, 1.54) is 4.88 Å². The number of nitrogens with zero attached hydrogens (tertiary/aromatic N) is 1. The number of rotatable bonds is 5. The van der Waals surface area contributed by atoms with Crippen LogP contribution in [0, 0.1) is 0 Å². The van der Waals surface area contributed by atoms with Crippen LogP contribution in [0.15, 0.2) is 41.1 Å². The van der Waals surface area contributed by atoms with Crippen LogP contribution in [0.25, 0.3) is 6.08 Å². The van der Waals surface area contributed by atoms with E-state index >= 15 is 0 Å². The van der Waals surface area contributed by atoms with Crippen molar-refractivity contribution in [1.29, 1.82) is 0 Å². The van der Waals surface area contributed by atoms with Crippen LogP contribution in [-0.4, -0.2) is 17.4 Å². The van der Waals surface area contributed by atoms with Gasteiger partial charge in [0, 0.05) is 22.4 Å². The largest absolute Gasteiger partial charge is 0.334 e. The van der Waals surface area contributed by atoms with Gasteiger partial charge in [0.05, 0.1) is 6.54 Å². The van der Waals surface area contributed by atoms with E-state index < -0.39 is 0 Å². The van der Waals surface area contributed by atoms with E-state index in [0.29, 0.717) is 6.54 Å². The smallest absolute Gasteiger partial charge is 0.246 e. The van der Waals surface area contributed by atoms with Crippen LogP contribution in [0.3, 0.4) is 0 Å². The Balaban J connectivity index is 1.97. The Morgan fingerprint density at radius 3 is 2.67 bits per heavy atom. The first-order chi connectivity index (χ1) is 8.79. The lowest BCUT2D eigenvalue weighted by Crippen LogP contribution is -2.28. The van der Waals surface area contributed by atoms with Crippen molar-refractivity contribution in [3.8, 4) is 0 Å². The number of thiophene rings is 2. The van der Waals surface area contributed by atoms with E-state index in [-0.39, 0.29) is 5.91 Å². The first-order valence-electron chi connectivity index (χ1n) is 5.82. The Morgan fingerprint density at radius 1 is 1.28 bits per heavy atom. The van der Waals surface area contributed by atoms with Crippen LogP contribution < -0.4 is 0 Å². The molecule has 0 radical (unpaired) electrons. The van der Waals surface area contributed by atoms with Gasteiger partial charge in [0.15, 0.2) is 0 Å². The molecule has 18 heavy (non-hydrogen) atoms. The standard InChI is InChI=1S/C14H15NOS2/c1-2-15(11-13-6-4-10-18-13)14(16)8-7-12-5-3-9-17-12/h3-10H,2,11H2,1H3/b8-7+. The van der Waals surface area contributed by atoms with E-state index in [9.17, 15) is 4.79 Å². The maximum Gasteiger partial charge on any atom is 0.246 e. The molecule has 0 fully saturated rings. The Hall–Kier alpha value is -1.39. The first kappa shape index (κ1) is 13.1. The topological polar surface area (TPSA) is 20.3 Å². The van der Waals surface area contributed by atoms with Gasteiger partial charge in [0.1, 0.15) is 0 Å². The molecule has 0 saturated carbocycles. The average molecular weight is 277 g/mol. The third-order valence-corrected chi connectivity index (χ3v) is 4.25. The van der Waals surface area contributed by atoms with Gasteiger partial charge in [-0.15, -0.1) is 22.7 Å². The van der Waals surface area contributed by atoms with Crippen LogP contribution in [0.1, 0.15) is 16.7 Å². The molecule has 0 aromatic carbocycles. The van der Waals surface area contributed by atoms with Crippen LogP contribution in [0.4, 0.5) is 0 Å². The van der Waals surface area contributed by atoms with Gasteiger partial charge in [-0.05, 0) is 35.9 Å². The molecule has 2 heterocycles. The minimum absolute atomic E-state index is 0.0688. The molecule has 0 saturated heterocycles. The third kappa shape index (κ3) is 3.55. The molecule has 0 N–H and O–H groups in total. The van der Waals surface area contributed by atoms with Gasteiger partial charge in [0.2, 0.25) is 5.91 Å². The first-order valence-corrected chi connectivity index (χ1v) is 7.58. The quantitative estimate of drug-likeness (QED) is 0.760. The average Bonchev–Trinajstić information content (AvgIpc) is 3.06. The highest BCUT2D eigenvalue weighted by Crippen LogP contribution is 2.13. The molecular formula is C14H15NOS2. The summed E-state index contributed by atoms with van der Waals surface area (Å²) in [7, 11) is 0. The number of likely N-dealkylation sites (N-methyl/N-ethyl adjacent to an activating group) is 1. The van der Waals surface area contributed by atoms with E-state index in [1.807, 2.05) is 46.9 Å². The molecule has 2 rings (SSSR count). The molecule has 0 atom stereocenters.